The summed E-state index contributed by atoms with van der Waals surface area (Å²) in [5.74, 6) is -0.185. The molecular weight excluding hydrogens is 502 g/mol. The van der Waals surface area contributed by atoms with Crippen LogP contribution in [0.25, 0.3) is 0 Å². The quantitative estimate of drug-likeness (QED) is 0.323. The first-order chi connectivity index (χ1) is 16.9. The highest BCUT2D eigenvalue weighted by molar-refractivity contribution is 5.38. The monoisotopic (exact) mass is 540 g/mol. The highest BCUT2D eigenvalue weighted by Gasteiger charge is 2.70. The lowest BCUT2D eigenvalue weighted by Gasteiger charge is -2.45. The zero-order chi connectivity index (χ0) is 28.0. The van der Waals surface area contributed by atoms with Gasteiger partial charge in [0.25, 0.3) is 5.60 Å². The first-order valence-electron chi connectivity index (χ1n) is 12.9. The molecule has 3 saturated carbocycles. The van der Waals surface area contributed by atoms with E-state index in [1.165, 1.54) is 5.57 Å². The summed E-state index contributed by atoms with van der Waals surface area (Å²) in [7, 11) is 0. The third-order valence-electron chi connectivity index (χ3n) is 9.10. The molecule has 0 bridgehead atoms. The minimum atomic E-state index is -5.95. The summed E-state index contributed by atoms with van der Waals surface area (Å²) >= 11 is 0. The van der Waals surface area contributed by atoms with Crippen LogP contribution in [0.3, 0.4) is 0 Å². The SMILES string of the molecule is C=C1/C(=C\C=C2/CCC[C@]3(C)[C@@H](C(C)C[C@H](O)CC(O)(C(F)(F)F)C(F)(F)F)CC[C@@H]23)C[C@@H](O)C[C@@H]1O. The average molecular weight is 541 g/mol. The molecule has 0 aromatic heterocycles. The lowest BCUT2D eigenvalue weighted by atomic mass is 9.60. The van der Waals surface area contributed by atoms with Gasteiger partial charge >= 0.3 is 12.4 Å². The first-order valence-corrected chi connectivity index (χ1v) is 12.9. The summed E-state index contributed by atoms with van der Waals surface area (Å²) in [6.07, 6.45) is -8.72. The van der Waals surface area contributed by atoms with Crippen molar-refractivity contribution in [1.82, 2.24) is 0 Å². The Labute approximate surface area is 213 Å². The van der Waals surface area contributed by atoms with Gasteiger partial charge in [0.1, 0.15) is 0 Å². The van der Waals surface area contributed by atoms with Crippen molar-refractivity contribution in [3.8, 4) is 0 Å². The number of hydrogen-bond acceptors (Lipinski definition) is 4. The van der Waals surface area contributed by atoms with Crippen LogP contribution in [0.4, 0.5) is 26.3 Å². The molecule has 0 heterocycles. The van der Waals surface area contributed by atoms with E-state index in [1.54, 1.807) is 6.92 Å². The Morgan fingerprint density at radius 3 is 2.30 bits per heavy atom. The zero-order valence-corrected chi connectivity index (χ0v) is 21.2. The second-order valence-corrected chi connectivity index (χ2v) is 11.6. The van der Waals surface area contributed by atoms with Crippen molar-refractivity contribution in [2.45, 2.75) is 108 Å². The zero-order valence-electron chi connectivity index (χ0n) is 21.2. The summed E-state index contributed by atoms with van der Waals surface area (Å²) in [5, 5.41) is 39.8. The summed E-state index contributed by atoms with van der Waals surface area (Å²) < 4.78 is 78.4. The molecule has 1 unspecified atom stereocenters. The van der Waals surface area contributed by atoms with Crippen LogP contribution in [0, 0.1) is 23.2 Å². The number of aliphatic hydroxyl groups excluding tert-OH is 3. The molecule has 3 rings (SSSR count). The summed E-state index contributed by atoms with van der Waals surface area (Å²) in [6.45, 7) is 7.78. The van der Waals surface area contributed by atoms with Crippen LogP contribution in [0.5, 0.6) is 0 Å². The number of allylic oxidation sites excluding steroid dienone is 3. The molecule has 10 heteroatoms. The van der Waals surface area contributed by atoms with Gasteiger partial charge in [0.2, 0.25) is 0 Å². The molecule has 3 fully saturated rings. The van der Waals surface area contributed by atoms with Crippen LogP contribution >= 0.6 is 0 Å². The lowest BCUT2D eigenvalue weighted by molar-refractivity contribution is -0.374. The number of hydrogen-bond donors (Lipinski definition) is 4. The van der Waals surface area contributed by atoms with Crippen molar-refractivity contribution in [3.05, 3.63) is 35.5 Å². The Balaban J connectivity index is 1.73. The van der Waals surface area contributed by atoms with Crippen molar-refractivity contribution in [3.63, 3.8) is 0 Å². The molecule has 0 spiro atoms. The molecule has 4 nitrogen and oxygen atoms in total. The number of halogens is 6. The molecule has 3 aliphatic rings. The Morgan fingerprint density at radius 2 is 1.70 bits per heavy atom. The van der Waals surface area contributed by atoms with Gasteiger partial charge in [-0.1, -0.05) is 38.2 Å². The first kappa shape index (κ1) is 30.2. The Kier molecular flexibility index (Phi) is 8.70. The van der Waals surface area contributed by atoms with Gasteiger partial charge in [0.05, 0.1) is 18.3 Å². The molecular formula is C27H38F6O4. The van der Waals surface area contributed by atoms with E-state index in [2.05, 4.69) is 13.5 Å². The molecule has 37 heavy (non-hydrogen) atoms. The van der Waals surface area contributed by atoms with Gasteiger partial charge in [-0.15, -0.1) is 0 Å². The molecule has 0 aromatic carbocycles. The minimum Gasteiger partial charge on any atom is -0.393 e. The Hall–Kier alpha value is -1.36. The van der Waals surface area contributed by atoms with E-state index in [9.17, 15) is 46.8 Å². The maximum absolute atomic E-state index is 13.1. The van der Waals surface area contributed by atoms with Gasteiger partial charge in [-0.2, -0.15) is 26.3 Å². The molecule has 4 N–H and O–H groups in total. The normalized spacial score (nSPS) is 35.6. The van der Waals surface area contributed by atoms with E-state index in [0.29, 0.717) is 12.0 Å². The molecule has 0 amide bonds. The maximum atomic E-state index is 13.1. The summed E-state index contributed by atoms with van der Waals surface area (Å²) in [6, 6.07) is 0. The third-order valence-corrected chi connectivity index (χ3v) is 9.10. The van der Waals surface area contributed by atoms with Gasteiger partial charge in [-0.3, -0.25) is 0 Å². The Bertz CT molecular complexity index is 894. The van der Waals surface area contributed by atoms with E-state index in [-0.39, 0.29) is 36.0 Å². The molecule has 0 radical (unpaired) electrons. The molecule has 0 saturated heterocycles. The van der Waals surface area contributed by atoms with E-state index in [0.717, 1.165) is 37.7 Å². The van der Waals surface area contributed by atoms with Crippen molar-refractivity contribution >= 4 is 0 Å². The fourth-order valence-corrected chi connectivity index (χ4v) is 7.09. The smallest absolute Gasteiger partial charge is 0.393 e. The van der Waals surface area contributed by atoms with Gasteiger partial charge in [-0.25, -0.2) is 0 Å². The van der Waals surface area contributed by atoms with Crippen molar-refractivity contribution in [2.75, 3.05) is 0 Å². The van der Waals surface area contributed by atoms with Gasteiger partial charge in [0, 0.05) is 12.8 Å². The lowest BCUT2D eigenvalue weighted by Crippen LogP contribution is -2.58. The van der Waals surface area contributed by atoms with Crippen molar-refractivity contribution in [1.29, 1.82) is 0 Å². The minimum absolute atomic E-state index is 0.0124. The number of rotatable bonds is 6. The van der Waals surface area contributed by atoms with E-state index in [4.69, 9.17) is 0 Å². The molecule has 212 valence electrons. The average Bonchev–Trinajstić information content (AvgIpc) is 3.11. The molecule has 3 aliphatic carbocycles. The topological polar surface area (TPSA) is 80.9 Å². The van der Waals surface area contributed by atoms with Crippen molar-refractivity contribution in [2.24, 2.45) is 23.2 Å². The molecule has 0 aromatic rings. The molecule has 7 atom stereocenters. The largest absolute Gasteiger partial charge is 0.426 e. The standard InChI is InChI=1S/C27H38F6O4/c1-15(11-20(35)14-25(37,26(28,29)30)27(31,32)33)21-8-9-22-17(5-4-10-24(21,22)3)6-7-18-12-19(34)13-23(36)16(18)2/h6-7,15,19-23,34-37H,2,4-5,8-14H2,1,3H3/b17-6+,18-7-/t15?,19-,20+,21-,22+,23+,24-/m1/s1. The number of aliphatic hydroxyl groups is 4. The van der Waals surface area contributed by atoms with E-state index < -0.39 is 42.7 Å². The Morgan fingerprint density at radius 1 is 1.08 bits per heavy atom. The van der Waals surface area contributed by atoms with Crippen LogP contribution in [0.2, 0.25) is 0 Å². The second-order valence-electron chi connectivity index (χ2n) is 11.6. The predicted molar refractivity (Wildman–Crippen MR) is 126 cm³/mol. The number of alkyl halides is 6. The van der Waals surface area contributed by atoms with E-state index >= 15 is 0 Å². The van der Waals surface area contributed by atoms with Crippen LogP contribution in [-0.4, -0.2) is 56.7 Å². The van der Waals surface area contributed by atoms with Crippen LogP contribution in [0.1, 0.15) is 71.6 Å². The molecule has 0 aliphatic heterocycles. The second kappa shape index (κ2) is 10.7. The summed E-state index contributed by atoms with van der Waals surface area (Å²) in [5.41, 5.74) is -2.61. The maximum Gasteiger partial charge on any atom is 0.426 e. The van der Waals surface area contributed by atoms with E-state index in [1.807, 2.05) is 12.2 Å². The van der Waals surface area contributed by atoms with Gasteiger partial charge in [-0.05, 0) is 79.3 Å². The van der Waals surface area contributed by atoms with Gasteiger partial charge < -0.3 is 20.4 Å². The predicted octanol–water partition coefficient (Wildman–Crippen LogP) is 5.76. The van der Waals surface area contributed by atoms with Crippen LogP contribution in [-0.2, 0) is 0 Å². The summed E-state index contributed by atoms with van der Waals surface area (Å²) in [4.78, 5) is 0. The fraction of sp³-hybridized carbons (Fsp3) is 0.778. The van der Waals surface area contributed by atoms with Crippen LogP contribution < -0.4 is 0 Å². The third kappa shape index (κ3) is 5.97. The highest BCUT2D eigenvalue weighted by Crippen LogP contribution is 2.60. The van der Waals surface area contributed by atoms with Crippen LogP contribution in [0.15, 0.2) is 35.5 Å². The number of fused-ring (bicyclic) bond motifs is 1. The fourth-order valence-electron chi connectivity index (χ4n) is 7.09. The highest BCUT2D eigenvalue weighted by atomic mass is 19.4. The van der Waals surface area contributed by atoms with Gasteiger partial charge in [0.15, 0.2) is 0 Å². The van der Waals surface area contributed by atoms with Crippen molar-refractivity contribution < 1.29 is 46.8 Å².